The van der Waals surface area contributed by atoms with Crippen molar-refractivity contribution in [1.82, 2.24) is 5.48 Å². The lowest BCUT2D eigenvalue weighted by Crippen LogP contribution is -2.35. The highest BCUT2D eigenvalue weighted by Crippen LogP contribution is 2.32. The summed E-state index contributed by atoms with van der Waals surface area (Å²) in [5, 5.41) is 11.3. The first-order valence-corrected chi connectivity index (χ1v) is 8.78. The molecule has 0 aliphatic carbocycles. The molecule has 2 unspecified atom stereocenters. The molecule has 2 aromatic rings. The lowest BCUT2D eigenvalue weighted by molar-refractivity contribution is -0.538. The minimum absolute atomic E-state index is 0.00395. The molecule has 12 heteroatoms. The predicted molar refractivity (Wildman–Crippen MR) is 95.3 cm³/mol. The van der Waals surface area contributed by atoms with E-state index in [1.165, 1.54) is 6.92 Å². The number of hydroxylamine groups is 1. The summed E-state index contributed by atoms with van der Waals surface area (Å²) in [5.41, 5.74) is -0.241. The topological polar surface area (TPSA) is 81.5 Å². The normalized spacial score (nSPS) is 14.0. The zero-order valence-corrected chi connectivity index (χ0v) is 15.8. The van der Waals surface area contributed by atoms with Gasteiger partial charge in [-0.25, -0.2) is 5.48 Å². The van der Waals surface area contributed by atoms with Crippen molar-refractivity contribution in [3.63, 3.8) is 0 Å². The van der Waals surface area contributed by atoms with Gasteiger partial charge in [-0.1, -0.05) is 19.1 Å². The van der Waals surface area contributed by atoms with Crippen LogP contribution < -0.4 is 5.48 Å². The average Bonchev–Trinajstić information content (AvgIpc) is 2.69. The van der Waals surface area contributed by atoms with Crippen molar-refractivity contribution < 1.29 is 40.9 Å². The van der Waals surface area contributed by atoms with Crippen molar-refractivity contribution in [3.05, 3.63) is 80.9 Å². The second-order valence-corrected chi connectivity index (χ2v) is 6.43. The smallest absolute Gasteiger partial charge is 0.267 e. The van der Waals surface area contributed by atoms with E-state index in [-0.39, 0.29) is 17.5 Å². The Kier molecular flexibility index (Phi) is 7.26. The van der Waals surface area contributed by atoms with E-state index in [0.717, 1.165) is 36.4 Å². The molecule has 0 heterocycles. The molecule has 0 aliphatic rings. The third-order valence-electron chi connectivity index (χ3n) is 4.36. The third-order valence-corrected chi connectivity index (χ3v) is 4.36. The van der Waals surface area contributed by atoms with Gasteiger partial charge in [0.25, 0.3) is 5.91 Å². The van der Waals surface area contributed by atoms with Gasteiger partial charge in [0.2, 0.25) is 6.04 Å². The zero-order valence-electron chi connectivity index (χ0n) is 15.8. The second-order valence-electron chi connectivity index (χ2n) is 6.43. The standard InChI is InChI=1S/C19H16F6N2O4/c1-2-15(27(29)30)16(11-3-7-13(8-4-11)18(20,21)22)31-26-17(28)12-5-9-14(10-6-12)19(23,24)25/h3-10,15-16H,2H2,1H3,(H,26,28). The lowest BCUT2D eigenvalue weighted by atomic mass is 9.99. The largest absolute Gasteiger partial charge is 0.416 e. The van der Waals surface area contributed by atoms with Crippen molar-refractivity contribution >= 4 is 5.91 Å². The number of rotatable bonds is 7. The van der Waals surface area contributed by atoms with E-state index < -0.39 is 46.5 Å². The zero-order chi connectivity index (χ0) is 23.4. The Morgan fingerprint density at radius 3 is 1.81 bits per heavy atom. The molecule has 0 fully saturated rings. The van der Waals surface area contributed by atoms with Crippen molar-refractivity contribution in [3.8, 4) is 0 Å². The molecule has 168 valence electrons. The highest BCUT2D eigenvalue weighted by Gasteiger charge is 2.35. The van der Waals surface area contributed by atoms with Gasteiger partial charge in [0, 0.05) is 16.9 Å². The van der Waals surface area contributed by atoms with Gasteiger partial charge >= 0.3 is 12.4 Å². The quantitative estimate of drug-likeness (QED) is 0.358. The Morgan fingerprint density at radius 1 is 0.968 bits per heavy atom. The van der Waals surface area contributed by atoms with Gasteiger partial charge in [-0.05, 0) is 42.0 Å². The number of nitrogens with one attached hydrogen (secondary N) is 1. The minimum Gasteiger partial charge on any atom is -0.267 e. The number of hydrogen-bond acceptors (Lipinski definition) is 4. The van der Waals surface area contributed by atoms with Crippen LogP contribution in [0.15, 0.2) is 48.5 Å². The Labute approximate surface area is 171 Å². The maximum atomic E-state index is 12.8. The molecule has 0 spiro atoms. The SMILES string of the molecule is CCC(C(ONC(=O)c1ccc(C(F)(F)F)cc1)c1ccc(C(F)(F)F)cc1)[N+](=O)[O-]. The van der Waals surface area contributed by atoms with Gasteiger partial charge in [-0.3, -0.25) is 19.7 Å². The predicted octanol–water partition coefficient (Wildman–Crippen LogP) is 5.18. The summed E-state index contributed by atoms with van der Waals surface area (Å²) in [6, 6.07) is 5.13. The summed E-state index contributed by atoms with van der Waals surface area (Å²) >= 11 is 0. The molecular weight excluding hydrogens is 434 g/mol. The minimum atomic E-state index is -4.61. The molecule has 0 saturated carbocycles. The van der Waals surface area contributed by atoms with Gasteiger partial charge in [-0.2, -0.15) is 26.3 Å². The summed E-state index contributed by atoms with van der Waals surface area (Å²) < 4.78 is 76.1. The number of nitrogens with zero attached hydrogens (tertiary/aromatic N) is 1. The van der Waals surface area contributed by atoms with E-state index in [9.17, 15) is 41.3 Å². The number of carbonyl (C=O) groups is 1. The van der Waals surface area contributed by atoms with Crippen LogP contribution in [0.4, 0.5) is 26.3 Å². The summed E-state index contributed by atoms with van der Waals surface area (Å²) in [6.45, 7) is 1.45. The van der Waals surface area contributed by atoms with Crippen LogP contribution in [0.25, 0.3) is 0 Å². The fourth-order valence-electron chi connectivity index (χ4n) is 2.69. The third kappa shape index (κ3) is 6.17. The Hall–Kier alpha value is -3.15. The summed E-state index contributed by atoms with van der Waals surface area (Å²) in [7, 11) is 0. The number of halogens is 6. The number of hydrogen-bond donors (Lipinski definition) is 1. The first kappa shape index (κ1) is 24.1. The highest BCUT2D eigenvalue weighted by molar-refractivity contribution is 5.93. The molecule has 1 amide bonds. The Morgan fingerprint density at radius 2 is 1.42 bits per heavy atom. The van der Waals surface area contributed by atoms with Crippen LogP contribution in [-0.4, -0.2) is 16.9 Å². The number of benzene rings is 2. The van der Waals surface area contributed by atoms with Gasteiger partial charge in [0.05, 0.1) is 11.1 Å². The molecule has 0 aliphatic heterocycles. The molecule has 2 rings (SSSR count). The molecule has 2 atom stereocenters. The lowest BCUT2D eigenvalue weighted by Gasteiger charge is -2.21. The first-order valence-electron chi connectivity index (χ1n) is 8.78. The molecular formula is C19H16F6N2O4. The summed E-state index contributed by atoms with van der Waals surface area (Å²) in [6.07, 6.45) is -10.7. The fourth-order valence-corrected chi connectivity index (χ4v) is 2.69. The van der Waals surface area contributed by atoms with Crippen LogP contribution in [0.5, 0.6) is 0 Å². The fraction of sp³-hybridized carbons (Fsp3) is 0.316. The average molecular weight is 450 g/mol. The van der Waals surface area contributed by atoms with Crippen molar-refractivity contribution in [2.24, 2.45) is 0 Å². The van der Waals surface area contributed by atoms with Gasteiger partial charge in [0.15, 0.2) is 6.10 Å². The van der Waals surface area contributed by atoms with E-state index in [0.29, 0.717) is 12.1 Å². The van der Waals surface area contributed by atoms with E-state index in [2.05, 4.69) is 0 Å². The molecule has 2 aromatic carbocycles. The van der Waals surface area contributed by atoms with E-state index in [4.69, 9.17) is 4.84 Å². The maximum Gasteiger partial charge on any atom is 0.416 e. The van der Waals surface area contributed by atoms with Crippen LogP contribution in [0, 0.1) is 10.1 Å². The molecule has 0 aromatic heterocycles. The van der Waals surface area contributed by atoms with Crippen LogP contribution in [0.2, 0.25) is 0 Å². The Bertz CT molecular complexity index is 911. The van der Waals surface area contributed by atoms with Crippen molar-refractivity contribution in [2.75, 3.05) is 0 Å². The summed E-state index contributed by atoms with van der Waals surface area (Å²) in [5.74, 6) is -0.983. The molecule has 0 bridgehead atoms. The molecule has 0 radical (unpaired) electrons. The van der Waals surface area contributed by atoms with Crippen LogP contribution in [0.1, 0.15) is 46.5 Å². The first-order chi connectivity index (χ1) is 14.3. The van der Waals surface area contributed by atoms with Crippen molar-refractivity contribution in [1.29, 1.82) is 0 Å². The van der Waals surface area contributed by atoms with Crippen molar-refractivity contribution in [2.45, 2.75) is 37.8 Å². The van der Waals surface area contributed by atoms with Crippen LogP contribution in [-0.2, 0) is 17.2 Å². The monoisotopic (exact) mass is 450 g/mol. The van der Waals surface area contributed by atoms with E-state index in [1.807, 2.05) is 5.48 Å². The van der Waals surface area contributed by atoms with Crippen LogP contribution >= 0.6 is 0 Å². The Balaban J connectivity index is 2.22. The number of alkyl halides is 6. The van der Waals surface area contributed by atoms with Gasteiger partial charge < -0.3 is 0 Å². The van der Waals surface area contributed by atoms with Gasteiger partial charge in [-0.15, -0.1) is 0 Å². The molecule has 1 N–H and O–H groups in total. The highest BCUT2D eigenvalue weighted by atomic mass is 19.4. The maximum absolute atomic E-state index is 12.8. The summed E-state index contributed by atoms with van der Waals surface area (Å²) in [4.78, 5) is 28.0. The molecule has 6 nitrogen and oxygen atoms in total. The number of carbonyl (C=O) groups excluding carboxylic acids is 1. The molecule has 0 saturated heterocycles. The van der Waals surface area contributed by atoms with E-state index in [1.54, 1.807) is 0 Å². The second kappa shape index (κ2) is 9.33. The van der Waals surface area contributed by atoms with E-state index >= 15 is 0 Å². The van der Waals surface area contributed by atoms with Gasteiger partial charge in [0.1, 0.15) is 0 Å². The number of amides is 1. The number of nitro groups is 1. The molecule has 31 heavy (non-hydrogen) atoms. The van der Waals surface area contributed by atoms with Crippen LogP contribution in [0.3, 0.4) is 0 Å².